The Morgan fingerprint density at radius 2 is 2.04 bits per heavy atom. The van der Waals surface area contributed by atoms with Crippen LogP contribution < -0.4 is 5.32 Å². The van der Waals surface area contributed by atoms with Crippen LogP contribution in [0, 0.1) is 0 Å². The van der Waals surface area contributed by atoms with Crippen LogP contribution in [0.3, 0.4) is 0 Å². The number of hydrogen-bond acceptors (Lipinski definition) is 4. The van der Waals surface area contributed by atoms with Crippen molar-refractivity contribution in [3.05, 3.63) is 0 Å². The van der Waals surface area contributed by atoms with Crippen molar-refractivity contribution in [2.24, 2.45) is 4.99 Å². The second-order valence-electron chi connectivity index (χ2n) is 6.48. The molecule has 0 aromatic carbocycles. The van der Waals surface area contributed by atoms with Gasteiger partial charge in [-0.05, 0) is 32.4 Å². The molecule has 0 aliphatic carbocycles. The summed E-state index contributed by atoms with van der Waals surface area (Å²) in [6, 6.07) is 0.622. The largest absolute Gasteiger partial charge is 0.383 e. The number of methoxy groups -OCH3 is 1. The average Bonchev–Trinajstić information content (AvgIpc) is 3.20. The maximum Gasteiger partial charge on any atom is 0.243 e. The molecule has 2 fully saturated rings. The van der Waals surface area contributed by atoms with E-state index in [1.807, 2.05) is 0 Å². The van der Waals surface area contributed by atoms with Gasteiger partial charge in [0.05, 0.1) is 6.61 Å². The molecule has 0 spiro atoms. The van der Waals surface area contributed by atoms with Gasteiger partial charge in [0.2, 0.25) is 5.91 Å². The molecular weight excluding hydrogens is 294 g/mol. The van der Waals surface area contributed by atoms with Gasteiger partial charge in [-0.3, -0.25) is 9.69 Å². The summed E-state index contributed by atoms with van der Waals surface area (Å²) in [6.07, 6.45) is 3.81. The predicted octanol–water partition coefficient (Wildman–Crippen LogP) is -0.163. The van der Waals surface area contributed by atoms with Crippen LogP contribution >= 0.6 is 0 Å². The van der Waals surface area contributed by atoms with Crippen molar-refractivity contribution < 1.29 is 9.53 Å². The SMILES string of the molecule is COCCNC(=NCC(=O)N(C)C)N1CCC(N2CCCC2)C1. The first-order chi connectivity index (χ1) is 11.1. The van der Waals surface area contributed by atoms with E-state index in [4.69, 9.17) is 4.74 Å². The summed E-state index contributed by atoms with van der Waals surface area (Å²) in [6.45, 7) is 5.96. The lowest BCUT2D eigenvalue weighted by Crippen LogP contribution is -2.44. The Labute approximate surface area is 139 Å². The van der Waals surface area contributed by atoms with Crippen molar-refractivity contribution in [2.75, 3.05) is 67.1 Å². The standard InChI is InChI=1S/C16H31N5O2/c1-19(2)15(22)12-18-16(17-7-11-23-3)21-10-6-14(13-21)20-8-4-5-9-20/h14H,4-13H2,1-3H3,(H,17,18). The van der Waals surface area contributed by atoms with Crippen molar-refractivity contribution in [1.82, 2.24) is 20.0 Å². The molecule has 7 heteroatoms. The molecule has 0 radical (unpaired) electrons. The number of ether oxygens (including phenoxy) is 1. The first kappa shape index (κ1) is 18.0. The molecule has 0 saturated carbocycles. The van der Waals surface area contributed by atoms with Gasteiger partial charge in [0, 0.05) is 46.9 Å². The van der Waals surface area contributed by atoms with Crippen LogP contribution in [0.4, 0.5) is 0 Å². The van der Waals surface area contributed by atoms with E-state index >= 15 is 0 Å². The van der Waals surface area contributed by atoms with Crippen LogP contribution in [0.15, 0.2) is 4.99 Å². The second-order valence-corrected chi connectivity index (χ2v) is 6.48. The predicted molar refractivity (Wildman–Crippen MR) is 91.7 cm³/mol. The minimum Gasteiger partial charge on any atom is -0.383 e. The fraction of sp³-hybridized carbons (Fsp3) is 0.875. The van der Waals surface area contributed by atoms with Crippen molar-refractivity contribution in [1.29, 1.82) is 0 Å². The third-order valence-electron chi connectivity index (χ3n) is 4.57. The summed E-state index contributed by atoms with van der Waals surface area (Å²) in [4.78, 5) is 22.8. The molecule has 1 amide bonds. The van der Waals surface area contributed by atoms with Crippen molar-refractivity contribution in [2.45, 2.75) is 25.3 Å². The maximum atomic E-state index is 11.8. The van der Waals surface area contributed by atoms with Gasteiger partial charge in [0.25, 0.3) is 0 Å². The maximum absolute atomic E-state index is 11.8. The highest BCUT2D eigenvalue weighted by Gasteiger charge is 2.30. The number of carbonyl (C=O) groups is 1. The number of guanidine groups is 1. The minimum absolute atomic E-state index is 0.0198. The van der Waals surface area contributed by atoms with E-state index in [1.165, 1.54) is 32.4 Å². The molecule has 1 atom stereocenters. The van der Waals surface area contributed by atoms with Gasteiger partial charge in [0.15, 0.2) is 5.96 Å². The van der Waals surface area contributed by atoms with Gasteiger partial charge >= 0.3 is 0 Å². The summed E-state index contributed by atoms with van der Waals surface area (Å²) < 4.78 is 5.10. The topological polar surface area (TPSA) is 60.4 Å². The molecule has 7 nitrogen and oxygen atoms in total. The third-order valence-corrected chi connectivity index (χ3v) is 4.57. The van der Waals surface area contributed by atoms with Crippen LogP contribution in [-0.4, -0.2) is 99.7 Å². The lowest BCUT2D eigenvalue weighted by Gasteiger charge is -2.25. The number of hydrogen-bond donors (Lipinski definition) is 1. The average molecular weight is 325 g/mol. The first-order valence-corrected chi connectivity index (χ1v) is 8.58. The number of amides is 1. The van der Waals surface area contributed by atoms with E-state index in [1.54, 1.807) is 26.1 Å². The minimum atomic E-state index is 0.0198. The van der Waals surface area contributed by atoms with Gasteiger partial charge < -0.3 is 19.9 Å². The lowest BCUT2D eigenvalue weighted by atomic mass is 10.2. The second kappa shape index (κ2) is 9.08. The van der Waals surface area contributed by atoms with Gasteiger partial charge in [-0.15, -0.1) is 0 Å². The molecule has 2 aliphatic heterocycles. The zero-order valence-electron chi connectivity index (χ0n) is 14.8. The number of nitrogens with zero attached hydrogens (tertiary/aromatic N) is 4. The molecule has 0 aromatic rings. The Bertz CT molecular complexity index is 407. The van der Waals surface area contributed by atoms with Crippen LogP contribution in [-0.2, 0) is 9.53 Å². The van der Waals surface area contributed by atoms with Crippen molar-refractivity contribution >= 4 is 11.9 Å². The van der Waals surface area contributed by atoms with Crippen molar-refractivity contribution in [3.63, 3.8) is 0 Å². The van der Waals surface area contributed by atoms with Crippen LogP contribution in [0.1, 0.15) is 19.3 Å². The number of nitrogens with one attached hydrogen (secondary N) is 1. The van der Waals surface area contributed by atoms with Crippen molar-refractivity contribution in [3.8, 4) is 0 Å². The van der Waals surface area contributed by atoms with E-state index in [0.717, 1.165) is 19.0 Å². The van der Waals surface area contributed by atoms with E-state index in [-0.39, 0.29) is 12.5 Å². The molecule has 0 bridgehead atoms. The molecular formula is C16H31N5O2. The lowest BCUT2D eigenvalue weighted by molar-refractivity contribution is -0.127. The Hall–Kier alpha value is -1.34. The fourth-order valence-corrected chi connectivity index (χ4v) is 3.16. The summed E-state index contributed by atoms with van der Waals surface area (Å²) in [5.41, 5.74) is 0. The quantitative estimate of drug-likeness (QED) is 0.418. The number of carbonyl (C=O) groups excluding carboxylic acids is 1. The fourth-order valence-electron chi connectivity index (χ4n) is 3.16. The van der Waals surface area contributed by atoms with Gasteiger partial charge in [-0.2, -0.15) is 0 Å². The zero-order valence-corrected chi connectivity index (χ0v) is 14.8. The van der Waals surface area contributed by atoms with Gasteiger partial charge in [-0.1, -0.05) is 0 Å². The van der Waals surface area contributed by atoms with E-state index < -0.39 is 0 Å². The Morgan fingerprint density at radius 3 is 2.70 bits per heavy atom. The zero-order chi connectivity index (χ0) is 16.7. The summed E-state index contributed by atoms with van der Waals surface area (Å²) in [7, 11) is 5.21. The van der Waals surface area contributed by atoms with Gasteiger partial charge in [0.1, 0.15) is 6.54 Å². The monoisotopic (exact) mass is 325 g/mol. The molecule has 23 heavy (non-hydrogen) atoms. The van der Waals surface area contributed by atoms with Crippen LogP contribution in [0.2, 0.25) is 0 Å². The Balaban J connectivity index is 1.92. The highest BCUT2D eigenvalue weighted by molar-refractivity contribution is 5.85. The number of rotatable bonds is 6. The molecule has 2 saturated heterocycles. The number of likely N-dealkylation sites (N-methyl/N-ethyl adjacent to an activating group) is 1. The first-order valence-electron chi connectivity index (χ1n) is 8.58. The molecule has 0 aromatic heterocycles. The van der Waals surface area contributed by atoms with E-state index in [0.29, 0.717) is 19.2 Å². The van der Waals surface area contributed by atoms with Crippen LogP contribution in [0.5, 0.6) is 0 Å². The molecule has 132 valence electrons. The normalized spacial score (nSPS) is 22.7. The molecule has 2 heterocycles. The number of likely N-dealkylation sites (tertiary alicyclic amines) is 2. The molecule has 1 N–H and O–H groups in total. The smallest absolute Gasteiger partial charge is 0.243 e. The Morgan fingerprint density at radius 1 is 1.30 bits per heavy atom. The molecule has 2 rings (SSSR count). The Kier molecular flexibility index (Phi) is 7.11. The summed E-state index contributed by atoms with van der Waals surface area (Å²) in [5, 5.41) is 3.33. The van der Waals surface area contributed by atoms with E-state index in [9.17, 15) is 4.79 Å². The molecule has 2 aliphatic rings. The van der Waals surface area contributed by atoms with Gasteiger partial charge in [-0.25, -0.2) is 4.99 Å². The highest BCUT2D eigenvalue weighted by Crippen LogP contribution is 2.20. The number of aliphatic imine (C=N–C) groups is 1. The third kappa shape index (κ3) is 5.35. The summed E-state index contributed by atoms with van der Waals surface area (Å²) in [5.74, 6) is 0.852. The molecule has 1 unspecified atom stereocenters. The summed E-state index contributed by atoms with van der Waals surface area (Å²) >= 11 is 0. The van der Waals surface area contributed by atoms with E-state index in [2.05, 4.69) is 20.1 Å². The van der Waals surface area contributed by atoms with Crippen LogP contribution in [0.25, 0.3) is 0 Å². The highest BCUT2D eigenvalue weighted by atomic mass is 16.5.